The van der Waals surface area contributed by atoms with Crippen molar-refractivity contribution in [3.8, 4) is 17.2 Å². The molecule has 0 saturated heterocycles. The number of hydrogen-bond acceptors (Lipinski definition) is 2. The van der Waals surface area contributed by atoms with Gasteiger partial charge in [-0.1, -0.05) is 24.0 Å². The van der Waals surface area contributed by atoms with E-state index in [0.29, 0.717) is 5.56 Å². The van der Waals surface area contributed by atoms with Gasteiger partial charge < -0.3 is 0 Å². The van der Waals surface area contributed by atoms with Crippen LogP contribution in [0.2, 0.25) is 0 Å². The van der Waals surface area contributed by atoms with Crippen molar-refractivity contribution in [2.75, 3.05) is 0 Å². The fraction of sp³-hybridized carbons (Fsp3) is 0. The van der Waals surface area contributed by atoms with Crippen LogP contribution in [0.5, 0.6) is 0 Å². The molecule has 2 aromatic carbocycles. The largest absolute Gasteiger partial charge is 0.206 e. The van der Waals surface area contributed by atoms with Crippen molar-refractivity contribution in [3.63, 3.8) is 0 Å². The Morgan fingerprint density at radius 2 is 1.74 bits per heavy atom. The third-order valence-electron chi connectivity index (χ3n) is 2.30. The summed E-state index contributed by atoms with van der Waals surface area (Å²) in [6, 6.07) is 10.4. The summed E-state index contributed by atoms with van der Waals surface area (Å²) in [6.07, 6.45) is 0. The summed E-state index contributed by atoms with van der Waals surface area (Å²) in [6.45, 7) is 0. The lowest BCUT2D eigenvalue weighted by Gasteiger charge is -1.97. The summed E-state index contributed by atoms with van der Waals surface area (Å²) in [5.74, 6) is 4.42. The molecule has 0 heterocycles. The van der Waals surface area contributed by atoms with E-state index in [0.717, 1.165) is 11.8 Å². The predicted molar refractivity (Wildman–Crippen MR) is 70.3 cm³/mol. The maximum atomic E-state index is 13.5. The Labute approximate surface area is 113 Å². The van der Waals surface area contributed by atoms with Gasteiger partial charge >= 0.3 is 0 Å². The first kappa shape index (κ1) is 13.1. The van der Waals surface area contributed by atoms with Crippen molar-refractivity contribution in [1.82, 2.24) is 0 Å². The number of thioether (sulfide) groups is 1. The van der Waals surface area contributed by atoms with Crippen LogP contribution in [0.1, 0.15) is 11.1 Å². The second kappa shape index (κ2) is 6.04. The molecule has 0 amide bonds. The molecule has 0 fully saturated rings. The molecule has 19 heavy (non-hydrogen) atoms. The van der Waals surface area contributed by atoms with Gasteiger partial charge in [0.15, 0.2) is 0 Å². The summed E-state index contributed by atoms with van der Waals surface area (Å²) >= 11 is 0.750. The molecule has 0 atom stereocenters. The van der Waals surface area contributed by atoms with E-state index in [1.54, 1.807) is 29.7 Å². The summed E-state index contributed by atoms with van der Waals surface area (Å²) in [4.78, 5) is 0.249. The Kier molecular flexibility index (Phi) is 4.18. The van der Waals surface area contributed by atoms with Crippen molar-refractivity contribution in [2.45, 2.75) is 4.90 Å². The number of nitrogens with zero attached hydrogens (tertiary/aromatic N) is 1. The maximum Gasteiger partial charge on any atom is 0.139 e. The van der Waals surface area contributed by atoms with Gasteiger partial charge in [0.25, 0.3) is 0 Å². The first-order valence-electron chi connectivity index (χ1n) is 5.33. The van der Waals surface area contributed by atoms with Crippen LogP contribution in [0.4, 0.5) is 8.78 Å². The van der Waals surface area contributed by atoms with Gasteiger partial charge in [0, 0.05) is 5.56 Å². The summed E-state index contributed by atoms with van der Waals surface area (Å²) in [5, 5.41) is 10.3. The fourth-order valence-corrected chi connectivity index (χ4v) is 1.80. The van der Waals surface area contributed by atoms with Crippen molar-refractivity contribution in [1.29, 1.82) is 5.26 Å². The molecule has 0 aliphatic carbocycles. The third kappa shape index (κ3) is 3.34. The lowest BCUT2D eigenvalue weighted by atomic mass is 10.1. The SMILES string of the molecule is N#CSc1ccc(C#Cc2ccccc2F)cc1F. The molecular formula is C15H7F2NS. The quantitative estimate of drug-likeness (QED) is 0.445. The molecule has 0 radical (unpaired) electrons. The van der Waals surface area contributed by atoms with E-state index < -0.39 is 11.6 Å². The molecule has 0 N–H and O–H groups in total. The summed E-state index contributed by atoms with van der Waals surface area (Å²) in [7, 11) is 0. The van der Waals surface area contributed by atoms with E-state index in [2.05, 4.69) is 11.8 Å². The van der Waals surface area contributed by atoms with Crippen molar-refractivity contribution in [2.24, 2.45) is 0 Å². The Morgan fingerprint density at radius 1 is 0.947 bits per heavy atom. The molecule has 92 valence electrons. The number of rotatable bonds is 1. The highest BCUT2D eigenvalue weighted by atomic mass is 32.2. The van der Waals surface area contributed by atoms with E-state index in [-0.39, 0.29) is 10.5 Å². The average molecular weight is 271 g/mol. The van der Waals surface area contributed by atoms with E-state index in [1.807, 2.05) is 0 Å². The number of hydrogen-bond donors (Lipinski definition) is 0. The van der Waals surface area contributed by atoms with Crippen LogP contribution in [0.15, 0.2) is 47.4 Å². The van der Waals surface area contributed by atoms with Gasteiger partial charge in [0.2, 0.25) is 0 Å². The molecule has 0 spiro atoms. The van der Waals surface area contributed by atoms with Crippen molar-refractivity contribution >= 4 is 11.8 Å². The van der Waals surface area contributed by atoms with Gasteiger partial charge in [-0.15, -0.1) is 0 Å². The van der Waals surface area contributed by atoms with Gasteiger partial charge in [-0.05, 0) is 42.1 Å². The number of nitriles is 1. The Morgan fingerprint density at radius 3 is 2.42 bits per heavy atom. The van der Waals surface area contributed by atoms with E-state index in [1.165, 1.54) is 18.2 Å². The van der Waals surface area contributed by atoms with Crippen LogP contribution in [-0.4, -0.2) is 0 Å². The van der Waals surface area contributed by atoms with E-state index in [4.69, 9.17) is 5.26 Å². The summed E-state index contributed by atoms with van der Waals surface area (Å²) in [5.41, 5.74) is 0.696. The van der Waals surface area contributed by atoms with Crippen LogP contribution >= 0.6 is 11.8 Å². The second-order valence-corrected chi connectivity index (χ2v) is 4.39. The Balaban J connectivity index is 2.29. The zero-order chi connectivity index (χ0) is 13.7. The molecule has 0 saturated carbocycles. The van der Waals surface area contributed by atoms with Crippen LogP contribution < -0.4 is 0 Å². The monoisotopic (exact) mass is 271 g/mol. The molecule has 0 unspecified atom stereocenters. The minimum atomic E-state index is -0.508. The maximum absolute atomic E-state index is 13.5. The fourth-order valence-electron chi connectivity index (χ4n) is 1.41. The topological polar surface area (TPSA) is 23.8 Å². The van der Waals surface area contributed by atoms with Gasteiger partial charge in [-0.3, -0.25) is 0 Å². The standard InChI is InChI=1S/C15H7F2NS/c16-13-4-2-1-3-12(13)7-5-11-6-8-15(19-10-18)14(17)9-11/h1-4,6,8-9H. The first-order chi connectivity index (χ1) is 9.20. The number of benzene rings is 2. The molecule has 2 aromatic rings. The molecule has 0 aromatic heterocycles. The first-order valence-corrected chi connectivity index (χ1v) is 6.14. The van der Waals surface area contributed by atoms with Gasteiger partial charge in [0.05, 0.1) is 10.5 Å². The highest BCUT2D eigenvalue weighted by Crippen LogP contribution is 2.21. The Hall–Kier alpha value is -2.30. The van der Waals surface area contributed by atoms with Gasteiger partial charge in [-0.2, -0.15) is 5.26 Å². The van der Waals surface area contributed by atoms with Crippen LogP contribution in [0, 0.1) is 34.1 Å². The number of halogens is 2. The molecule has 1 nitrogen and oxygen atoms in total. The predicted octanol–water partition coefficient (Wildman–Crippen LogP) is 3.94. The minimum Gasteiger partial charge on any atom is -0.206 e. The zero-order valence-corrected chi connectivity index (χ0v) is 10.5. The second-order valence-electron chi connectivity index (χ2n) is 3.57. The van der Waals surface area contributed by atoms with E-state index >= 15 is 0 Å². The zero-order valence-electron chi connectivity index (χ0n) is 9.65. The normalized spacial score (nSPS) is 9.32. The molecule has 4 heteroatoms. The minimum absolute atomic E-state index is 0.249. The molecular weight excluding hydrogens is 264 g/mol. The lowest BCUT2D eigenvalue weighted by molar-refractivity contribution is 0.602. The van der Waals surface area contributed by atoms with Gasteiger partial charge in [0.1, 0.15) is 17.0 Å². The number of thiocyanates is 1. The summed E-state index contributed by atoms with van der Waals surface area (Å²) < 4.78 is 26.8. The highest BCUT2D eigenvalue weighted by molar-refractivity contribution is 8.03. The Bertz CT molecular complexity index is 708. The van der Waals surface area contributed by atoms with Crippen molar-refractivity contribution in [3.05, 3.63) is 65.2 Å². The van der Waals surface area contributed by atoms with Crippen LogP contribution in [-0.2, 0) is 0 Å². The van der Waals surface area contributed by atoms with Gasteiger partial charge in [-0.25, -0.2) is 8.78 Å². The highest BCUT2D eigenvalue weighted by Gasteiger charge is 2.02. The molecule has 0 aliphatic rings. The van der Waals surface area contributed by atoms with Crippen LogP contribution in [0.25, 0.3) is 0 Å². The van der Waals surface area contributed by atoms with Crippen molar-refractivity contribution < 1.29 is 8.78 Å². The molecule has 0 bridgehead atoms. The van der Waals surface area contributed by atoms with E-state index in [9.17, 15) is 8.78 Å². The molecule has 2 rings (SSSR count). The lowest BCUT2D eigenvalue weighted by Crippen LogP contribution is -1.84. The molecule has 0 aliphatic heterocycles. The average Bonchev–Trinajstić information content (AvgIpc) is 2.41. The van der Waals surface area contributed by atoms with Crippen LogP contribution in [0.3, 0.4) is 0 Å². The smallest absolute Gasteiger partial charge is 0.139 e. The third-order valence-corrected chi connectivity index (χ3v) is 2.95.